The number of hydrogen-bond donors (Lipinski definition) is 1. The number of nitrogens with one attached hydrogen (secondary N) is 1. The molecule has 4 nitrogen and oxygen atoms in total. The Hall–Kier alpha value is -2.07. The van der Waals surface area contributed by atoms with Crippen LogP contribution in [0.1, 0.15) is 27.4 Å². The normalized spacial score (nSPS) is 10.9. The van der Waals surface area contributed by atoms with E-state index < -0.39 is 0 Å². The summed E-state index contributed by atoms with van der Waals surface area (Å²) >= 11 is 5.97. The summed E-state index contributed by atoms with van der Waals surface area (Å²) in [5, 5.41) is 4.46. The molecule has 0 aliphatic rings. The summed E-state index contributed by atoms with van der Waals surface area (Å²) in [5.41, 5.74) is 3.66. The van der Waals surface area contributed by atoms with Gasteiger partial charge in [0.25, 0.3) is 5.91 Å². The van der Waals surface area contributed by atoms with Crippen LogP contribution in [0.2, 0.25) is 5.02 Å². The van der Waals surface area contributed by atoms with Gasteiger partial charge in [0.1, 0.15) is 11.5 Å². The van der Waals surface area contributed by atoms with E-state index in [4.69, 9.17) is 16.0 Å². The lowest BCUT2D eigenvalue weighted by atomic mass is 10.2. The molecule has 0 unspecified atom stereocenters. The summed E-state index contributed by atoms with van der Waals surface area (Å²) in [4.78, 5) is 11.8. The summed E-state index contributed by atoms with van der Waals surface area (Å²) in [6.07, 6.45) is 1.50. The van der Waals surface area contributed by atoms with Crippen molar-refractivity contribution < 1.29 is 9.21 Å². The van der Waals surface area contributed by atoms with Gasteiger partial charge in [-0.05, 0) is 26.0 Å². The van der Waals surface area contributed by atoms with Crippen molar-refractivity contribution in [3.63, 3.8) is 0 Å². The molecule has 5 heteroatoms. The summed E-state index contributed by atoms with van der Waals surface area (Å²) < 4.78 is 5.29. The molecule has 2 aromatic rings. The average Bonchev–Trinajstić information content (AvgIpc) is 2.71. The van der Waals surface area contributed by atoms with Gasteiger partial charge >= 0.3 is 0 Å². The van der Waals surface area contributed by atoms with Crippen LogP contribution in [-0.4, -0.2) is 12.1 Å². The zero-order valence-corrected chi connectivity index (χ0v) is 11.4. The summed E-state index contributed by atoms with van der Waals surface area (Å²) in [7, 11) is 0. The summed E-state index contributed by atoms with van der Waals surface area (Å²) in [6.45, 7) is 3.52. The smallest absolute Gasteiger partial charge is 0.274 e. The number of halogens is 1. The second-order valence-corrected chi connectivity index (χ2v) is 4.45. The van der Waals surface area contributed by atoms with Gasteiger partial charge in [-0.25, -0.2) is 5.43 Å². The molecule has 0 saturated carbocycles. The zero-order chi connectivity index (χ0) is 13.8. The number of benzene rings is 1. The predicted octanol–water partition coefficient (Wildman–Crippen LogP) is 3.31. The molecule has 0 atom stereocenters. The van der Waals surface area contributed by atoms with Crippen molar-refractivity contribution in [1.29, 1.82) is 0 Å². The minimum Gasteiger partial charge on any atom is -0.466 e. The Morgan fingerprint density at radius 1 is 1.37 bits per heavy atom. The Morgan fingerprint density at radius 3 is 2.74 bits per heavy atom. The first-order valence-corrected chi connectivity index (χ1v) is 6.10. The molecule has 0 saturated heterocycles. The standard InChI is InChI=1S/C14H13ClN2O2/c1-9-7-12(10(2)19-9)14(18)17-16-8-11-5-3-4-6-13(11)15/h3-8H,1-2H3,(H,17,18)/b16-8+. The van der Waals surface area contributed by atoms with E-state index in [2.05, 4.69) is 10.5 Å². The number of carbonyl (C=O) groups excluding carboxylic acids is 1. The largest absolute Gasteiger partial charge is 0.466 e. The fraction of sp³-hybridized carbons (Fsp3) is 0.143. The Labute approximate surface area is 116 Å². The number of furan rings is 1. The van der Waals surface area contributed by atoms with E-state index in [1.165, 1.54) is 6.21 Å². The number of hydrazone groups is 1. The van der Waals surface area contributed by atoms with Crippen molar-refractivity contribution in [3.8, 4) is 0 Å². The van der Waals surface area contributed by atoms with Crippen LogP contribution in [0.5, 0.6) is 0 Å². The lowest BCUT2D eigenvalue weighted by Gasteiger charge is -1.98. The maximum atomic E-state index is 11.8. The number of amides is 1. The molecule has 1 heterocycles. The average molecular weight is 277 g/mol. The molecular weight excluding hydrogens is 264 g/mol. The summed E-state index contributed by atoms with van der Waals surface area (Å²) in [6, 6.07) is 8.92. The van der Waals surface area contributed by atoms with E-state index in [0.29, 0.717) is 22.1 Å². The zero-order valence-electron chi connectivity index (χ0n) is 10.6. The highest BCUT2D eigenvalue weighted by molar-refractivity contribution is 6.33. The number of nitrogens with zero attached hydrogens (tertiary/aromatic N) is 1. The van der Waals surface area contributed by atoms with Crippen LogP contribution in [0, 0.1) is 13.8 Å². The molecule has 0 spiro atoms. The molecule has 0 fully saturated rings. The molecule has 0 aliphatic carbocycles. The predicted molar refractivity (Wildman–Crippen MR) is 74.7 cm³/mol. The molecule has 1 N–H and O–H groups in total. The van der Waals surface area contributed by atoms with Crippen molar-refractivity contribution >= 4 is 23.7 Å². The maximum absolute atomic E-state index is 11.8. The van der Waals surface area contributed by atoms with Gasteiger partial charge < -0.3 is 4.42 Å². The Bertz CT molecular complexity index is 632. The fourth-order valence-corrected chi connectivity index (χ4v) is 1.84. The number of rotatable bonds is 3. The first kappa shape index (κ1) is 13.4. The van der Waals surface area contributed by atoms with Gasteiger partial charge in [0, 0.05) is 10.6 Å². The minimum absolute atomic E-state index is 0.308. The van der Waals surface area contributed by atoms with Crippen LogP contribution in [-0.2, 0) is 0 Å². The third-order valence-electron chi connectivity index (χ3n) is 2.56. The lowest BCUT2D eigenvalue weighted by Crippen LogP contribution is -2.17. The topological polar surface area (TPSA) is 54.6 Å². The molecule has 1 aromatic carbocycles. The van der Waals surface area contributed by atoms with Gasteiger partial charge in [-0.15, -0.1) is 0 Å². The highest BCUT2D eigenvalue weighted by Gasteiger charge is 2.12. The van der Waals surface area contributed by atoms with Crippen LogP contribution >= 0.6 is 11.6 Å². The quantitative estimate of drug-likeness (QED) is 0.691. The number of aryl methyl sites for hydroxylation is 2. The van der Waals surface area contributed by atoms with Crippen molar-refractivity contribution in [1.82, 2.24) is 5.43 Å². The SMILES string of the molecule is Cc1cc(C(=O)N/N=C/c2ccccc2Cl)c(C)o1. The van der Waals surface area contributed by atoms with Gasteiger partial charge in [-0.3, -0.25) is 4.79 Å². The van der Waals surface area contributed by atoms with Gasteiger partial charge in [-0.2, -0.15) is 5.10 Å². The van der Waals surface area contributed by atoms with Crippen LogP contribution in [0.15, 0.2) is 39.9 Å². The van der Waals surface area contributed by atoms with E-state index in [1.807, 2.05) is 18.2 Å². The second-order valence-electron chi connectivity index (χ2n) is 4.05. The van der Waals surface area contributed by atoms with Crippen molar-refractivity contribution in [3.05, 3.63) is 58.0 Å². The van der Waals surface area contributed by atoms with E-state index in [1.54, 1.807) is 26.0 Å². The second kappa shape index (κ2) is 5.71. The van der Waals surface area contributed by atoms with Gasteiger partial charge in [0.2, 0.25) is 0 Å². The molecular formula is C14H13ClN2O2. The Balaban J connectivity index is 2.05. The number of carbonyl (C=O) groups is 1. The molecule has 1 aromatic heterocycles. The number of hydrogen-bond acceptors (Lipinski definition) is 3. The first-order chi connectivity index (χ1) is 9.08. The van der Waals surface area contributed by atoms with Crippen LogP contribution < -0.4 is 5.43 Å². The highest BCUT2D eigenvalue weighted by atomic mass is 35.5. The first-order valence-electron chi connectivity index (χ1n) is 5.73. The monoisotopic (exact) mass is 276 g/mol. The molecule has 0 radical (unpaired) electrons. The van der Waals surface area contributed by atoms with E-state index in [-0.39, 0.29) is 5.91 Å². The van der Waals surface area contributed by atoms with Crippen LogP contribution in [0.3, 0.4) is 0 Å². The minimum atomic E-state index is -0.308. The third kappa shape index (κ3) is 3.23. The van der Waals surface area contributed by atoms with Crippen LogP contribution in [0.25, 0.3) is 0 Å². The molecule has 19 heavy (non-hydrogen) atoms. The van der Waals surface area contributed by atoms with E-state index in [0.717, 1.165) is 5.56 Å². The molecule has 0 bridgehead atoms. The molecule has 98 valence electrons. The van der Waals surface area contributed by atoms with Crippen molar-refractivity contribution in [2.75, 3.05) is 0 Å². The summed E-state index contributed by atoms with van der Waals surface area (Å²) in [5.74, 6) is 0.957. The lowest BCUT2D eigenvalue weighted by molar-refractivity contribution is 0.0953. The highest BCUT2D eigenvalue weighted by Crippen LogP contribution is 2.14. The van der Waals surface area contributed by atoms with Crippen molar-refractivity contribution in [2.24, 2.45) is 5.10 Å². The molecule has 0 aliphatic heterocycles. The van der Waals surface area contributed by atoms with E-state index >= 15 is 0 Å². The van der Waals surface area contributed by atoms with Gasteiger partial charge in [0.15, 0.2) is 0 Å². The Kier molecular flexibility index (Phi) is 4.02. The Morgan fingerprint density at radius 2 is 2.11 bits per heavy atom. The van der Waals surface area contributed by atoms with E-state index in [9.17, 15) is 4.79 Å². The molecule has 2 rings (SSSR count). The fourth-order valence-electron chi connectivity index (χ4n) is 1.66. The molecule has 1 amide bonds. The van der Waals surface area contributed by atoms with Gasteiger partial charge in [-0.1, -0.05) is 29.8 Å². The van der Waals surface area contributed by atoms with Gasteiger partial charge in [0.05, 0.1) is 11.8 Å². The van der Waals surface area contributed by atoms with Crippen molar-refractivity contribution in [2.45, 2.75) is 13.8 Å². The third-order valence-corrected chi connectivity index (χ3v) is 2.90. The van der Waals surface area contributed by atoms with Crippen LogP contribution in [0.4, 0.5) is 0 Å². The maximum Gasteiger partial charge on any atom is 0.274 e.